The van der Waals surface area contributed by atoms with Crippen LogP contribution in [0, 0.1) is 0 Å². The molecular weight excluding hydrogens is 562 g/mol. The molecule has 0 aliphatic rings. The van der Waals surface area contributed by atoms with Gasteiger partial charge in [0, 0.05) is 38.7 Å². The molecule has 0 aliphatic carbocycles. The lowest BCUT2D eigenvalue weighted by atomic mass is 9.98. The van der Waals surface area contributed by atoms with Crippen LogP contribution >= 0.6 is 0 Å². The molecule has 0 saturated carbocycles. The fourth-order valence-electron chi connectivity index (χ4n) is 7.07. The van der Waals surface area contributed by atoms with Crippen LogP contribution in [0.25, 0.3) is 93.8 Å². The molecule has 0 saturated heterocycles. The lowest BCUT2D eigenvalue weighted by molar-refractivity contribution is 0.668. The number of fused-ring (bicyclic) bond motifs is 8. The summed E-state index contributed by atoms with van der Waals surface area (Å²) in [6.07, 6.45) is 0. The van der Waals surface area contributed by atoms with Crippen LogP contribution in [-0.4, -0.2) is 14.5 Å². The fourth-order valence-corrected chi connectivity index (χ4v) is 7.07. The van der Waals surface area contributed by atoms with Gasteiger partial charge in [-0.15, -0.1) is 0 Å². The molecule has 0 radical (unpaired) electrons. The molecule has 0 N–H and O–H groups in total. The van der Waals surface area contributed by atoms with Crippen LogP contribution in [0.15, 0.2) is 156 Å². The second-order valence-corrected chi connectivity index (χ2v) is 11.8. The van der Waals surface area contributed by atoms with Gasteiger partial charge in [-0.3, -0.25) is 0 Å². The highest BCUT2D eigenvalue weighted by atomic mass is 16.3. The van der Waals surface area contributed by atoms with Crippen molar-refractivity contribution < 1.29 is 4.42 Å². The highest BCUT2D eigenvalue weighted by molar-refractivity contribution is 6.16. The van der Waals surface area contributed by atoms with Crippen LogP contribution in [0.4, 0.5) is 0 Å². The Kier molecular flexibility index (Phi) is 5.25. The summed E-state index contributed by atoms with van der Waals surface area (Å²) in [6, 6.07) is 53.0. The molecule has 0 aliphatic heterocycles. The van der Waals surface area contributed by atoms with Crippen molar-refractivity contribution in [3.05, 3.63) is 152 Å². The van der Waals surface area contributed by atoms with E-state index in [1.165, 1.54) is 21.5 Å². The summed E-state index contributed by atoms with van der Waals surface area (Å²) >= 11 is 0. The molecule has 7 aromatic carbocycles. The third-order valence-electron chi connectivity index (χ3n) is 9.13. The van der Waals surface area contributed by atoms with E-state index < -0.39 is 0 Å². The van der Waals surface area contributed by atoms with Crippen molar-refractivity contribution in [2.75, 3.05) is 0 Å². The number of nitrogens with zero attached hydrogens (tertiary/aromatic N) is 3. The molecule has 3 heterocycles. The van der Waals surface area contributed by atoms with Crippen molar-refractivity contribution >= 4 is 65.6 Å². The van der Waals surface area contributed by atoms with Crippen molar-refractivity contribution in [1.29, 1.82) is 0 Å². The minimum Gasteiger partial charge on any atom is -0.456 e. The minimum absolute atomic E-state index is 0.814. The van der Waals surface area contributed by atoms with E-state index in [2.05, 4.69) is 114 Å². The third kappa shape index (κ3) is 3.67. The first kappa shape index (κ1) is 25.1. The van der Waals surface area contributed by atoms with Gasteiger partial charge in [-0.25, -0.2) is 9.97 Å². The van der Waals surface area contributed by atoms with E-state index in [1.54, 1.807) is 0 Å². The SMILES string of the molecule is c1ccc(-c2nc3ccccc3nc2-c2cc(-n3c4ccccc4c4cc5ccccc5cc43)cc3oc4ccccc4c23)cc1. The van der Waals surface area contributed by atoms with Gasteiger partial charge >= 0.3 is 0 Å². The zero-order valence-electron chi connectivity index (χ0n) is 24.7. The minimum atomic E-state index is 0.814. The van der Waals surface area contributed by atoms with Gasteiger partial charge in [-0.1, -0.05) is 103 Å². The lowest BCUT2D eigenvalue weighted by Gasteiger charge is -2.15. The Balaban J connectivity index is 1.37. The molecule has 0 fully saturated rings. The first-order chi connectivity index (χ1) is 22.8. The van der Waals surface area contributed by atoms with Crippen LogP contribution in [0.1, 0.15) is 0 Å². The zero-order chi connectivity index (χ0) is 30.2. The standard InChI is InChI=1S/C42H25N3O/c1-2-12-26(13-3-1)41-42(44-35-19-9-8-18-34(35)43-41)33-24-29(25-39-40(33)31-17-7-11-21-38(31)46-39)45-36-20-10-6-16-30(36)32-22-27-14-4-5-15-28(27)23-37(32)45/h1-25H. The van der Waals surface area contributed by atoms with E-state index in [-0.39, 0.29) is 0 Å². The second-order valence-electron chi connectivity index (χ2n) is 11.8. The van der Waals surface area contributed by atoms with Crippen molar-refractivity contribution in [2.45, 2.75) is 0 Å². The highest BCUT2D eigenvalue weighted by Crippen LogP contribution is 2.43. The Bertz CT molecular complexity index is 2810. The predicted octanol–water partition coefficient (Wildman–Crippen LogP) is 11.1. The average molecular weight is 588 g/mol. The molecule has 214 valence electrons. The monoisotopic (exact) mass is 587 g/mol. The van der Waals surface area contributed by atoms with Gasteiger partial charge in [0.05, 0.1) is 39.1 Å². The Morgan fingerprint density at radius 3 is 1.93 bits per heavy atom. The quantitative estimate of drug-likeness (QED) is 0.207. The lowest BCUT2D eigenvalue weighted by Crippen LogP contribution is -1.99. The molecule has 0 bridgehead atoms. The fraction of sp³-hybridized carbons (Fsp3) is 0. The van der Waals surface area contributed by atoms with Gasteiger partial charge in [0.15, 0.2) is 0 Å². The topological polar surface area (TPSA) is 43.9 Å². The van der Waals surface area contributed by atoms with E-state index in [0.717, 1.165) is 72.2 Å². The number of hydrogen-bond donors (Lipinski definition) is 0. The first-order valence-electron chi connectivity index (χ1n) is 15.5. The second kappa shape index (κ2) is 9.62. The molecule has 0 amide bonds. The van der Waals surface area contributed by atoms with Gasteiger partial charge in [0.25, 0.3) is 0 Å². The van der Waals surface area contributed by atoms with Crippen LogP contribution in [0.2, 0.25) is 0 Å². The molecule has 4 nitrogen and oxygen atoms in total. The van der Waals surface area contributed by atoms with Crippen molar-refractivity contribution in [2.24, 2.45) is 0 Å². The maximum atomic E-state index is 6.62. The largest absolute Gasteiger partial charge is 0.456 e. The van der Waals surface area contributed by atoms with E-state index in [1.807, 2.05) is 42.5 Å². The van der Waals surface area contributed by atoms with Crippen LogP contribution in [0.3, 0.4) is 0 Å². The van der Waals surface area contributed by atoms with Gasteiger partial charge in [0.2, 0.25) is 0 Å². The number of hydrogen-bond acceptors (Lipinski definition) is 3. The van der Waals surface area contributed by atoms with Gasteiger partial charge in [-0.05, 0) is 53.2 Å². The maximum absolute atomic E-state index is 6.62. The Labute approximate surface area is 263 Å². The van der Waals surface area contributed by atoms with Gasteiger partial charge in [0.1, 0.15) is 11.2 Å². The van der Waals surface area contributed by atoms with E-state index in [9.17, 15) is 0 Å². The number of rotatable bonds is 3. The smallest absolute Gasteiger partial charge is 0.138 e. The van der Waals surface area contributed by atoms with Gasteiger partial charge in [-0.2, -0.15) is 0 Å². The van der Waals surface area contributed by atoms with Gasteiger partial charge < -0.3 is 8.98 Å². The van der Waals surface area contributed by atoms with Crippen LogP contribution < -0.4 is 0 Å². The molecule has 0 unspecified atom stereocenters. The predicted molar refractivity (Wildman–Crippen MR) is 190 cm³/mol. The highest BCUT2D eigenvalue weighted by Gasteiger charge is 2.22. The first-order valence-corrected chi connectivity index (χ1v) is 15.5. The summed E-state index contributed by atoms with van der Waals surface area (Å²) in [5, 5.41) is 6.95. The number of aromatic nitrogens is 3. The van der Waals surface area contributed by atoms with Crippen molar-refractivity contribution in [3.8, 4) is 28.2 Å². The Hall–Kier alpha value is -6.26. The normalized spacial score (nSPS) is 11.9. The molecule has 4 heteroatoms. The molecular formula is C42H25N3O. The molecule has 46 heavy (non-hydrogen) atoms. The average Bonchev–Trinajstić information content (AvgIpc) is 3.65. The number of para-hydroxylation sites is 4. The van der Waals surface area contributed by atoms with Crippen molar-refractivity contribution in [1.82, 2.24) is 14.5 Å². The summed E-state index contributed by atoms with van der Waals surface area (Å²) in [5.74, 6) is 0. The summed E-state index contributed by atoms with van der Waals surface area (Å²) < 4.78 is 8.98. The van der Waals surface area contributed by atoms with E-state index in [0.29, 0.717) is 0 Å². The summed E-state index contributed by atoms with van der Waals surface area (Å²) in [6.45, 7) is 0. The summed E-state index contributed by atoms with van der Waals surface area (Å²) in [4.78, 5) is 10.6. The zero-order valence-corrected chi connectivity index (χ0v) is 24.7. The maximum Gasteiger partial charge on any atom is 0.138 e. The molecule has 10 aromatic rings. The summed E-state index contributed by atoms with van der Waals surface area (Å²) in [5.41, 5.74) is 10.4. The number of benzene rings is 7. The third-order valence-corrected chi connectivity index (χ3v) is 9.13. The molecule has 10 rings (SSSR count). The number of furan rings is 1. The van der Waals surface area contributed by atoms with Crippen molar-refractivity contribution in [3.63, 3.8) is 0 Å². The molecule has 3 aromatic heterocycles. The van der Waals surface area contributed by atoms with E-state index >= 15 is 0 Å². The Morgan fingerprint density at radius 1 is 0.457 bits per heavy atom. The van der Waals surface area contributed by atoms with E-state index in [4.69, 9.17) is 14.4 Å². The van der Waals surface area contributed by atoms with Crippen LogP contribution in [0.5, 0.6) is 0 Å². The summed E-state index contributed by atoms with van der Waals surface area (Å²) in [7, 11) is 0. The molecule has 0 spiro atoms. The Morgan fingerprint density at radius 2 is 1.11 bits per heavy atom. The molecule has 0 atom stereocenters. The van der Waals surface area contributed by atoms with Crippen LogP contribution in [-0.2, 0) is 0 Å².